The van der Waals surface area contributed by atoms with Gasteiger partial charge in [-0.25, -0.2) is 9.97 Å². The highest BCUT2D eigenvalue weighted by atomic mass is 16.5. The minimum Gasteiger partial charge on any atom is -0.383 e. The van der Waals surface area contributed by atoms with Gasteiger partial charge >= 0.3 is 0 Å². The molecule has 0 amide bonds. The van der Waals surface area contributed by atoms with E-state index in [1.165, 1.54) is 6.20 Å². The summed E-state index contributed by atoms with van der Waals surface area (Å²) in [5.74, 6) is 0.532. The van der Waals surface area contributed by atoms with Gasteiger partial charge in [0.1, 0.15) is 6.07 Å². The van der Waals surface area contributed by atoms with Crippen LogP contribution in [0.3, 0.4) is 0 Å². The van der Waals surface area contributed by atoms with Crippen LogP contribution < -0.4 is 10.6 Å². The fraction of sp³-hybridized carbons (Fsp3) is 0.583. The average molecular weight is 247 g/mol. The van der Waals surface area contributed by atoms with Gasteiger partial charge in [0, 0.05) is 26.0 Å². The Morgan fingerprint density at radius 2 is 2.39 bits per heavy atom. The molecule has 0 saturated carbocycles. The SMILES string of the molecule is COCC1(CNc2nccnc2C#N)CCCN1. The average Bonchev–Trinajstić information content (AvgIpc) is 2.86. The Kier molecular flexibility index (Phi) is 4.07. The summed E-state index contributed by atoms with van der Waals surface area (Å²) in [6.45, 7) is 2.31. The predicted octanol–water partition coefficient (Wildman–Crippen LogP) is 0.529. The van der Waals surface area contributed by atoms with Crippen molar-refractivity contribution in [3.8, 4) is 6.07 Å². The number of hydrogen-bond acceptors (Lipinski definition) is 6. The van der Waals surface area contributed by atoms with Gasteiger partial charge in [-0.15, -0.1) is 0 Å². The molecule has 6 heteroatoms. The molecule has 2 N–H and O–H groups in total. The van der Waals surface area contributed by atoms with Crippen LogP contribution in [0.15, 0.2) is 12.4 Å². The topological polar surface area (TPSA) is 82.9 Å². The number of nitrogens with one attached hydrogen (secondary N) is 2. The largest absolute Gasteiger partial charge is 0.383 e. The van der Waals surface area contributed by atoms with Crippen molar-refractivity contribution >= 4 is 5.82 Å². The maximum Gasteiger partial charge on any atom is 0.182 e. The molecular weight excluding hydrogens is 230 g/mol. The third kappa shape index (κ3) is 2.75. The summed E-state index contributed by atoms with van der Waals surface area (Å²) in [6.07, 6.45) is 5.28. The quantitative estimate of drug-likeness (QED) is 0.789. The predicted molar refractivity (Wildman–Crippen MR) is 67.1 cm³/mol. The van der Waals surface area contributed by atoms with Crippen LogP contribution in [0.25, 0.3) is 0 Å². The molecule has 0 spiro atoms. The summed E-state index contributed by atoms with van der Waals surface area (Å²) in [6, 6.07) is 2.03. The van der Waals surface area contributed by atoms with Crippen molar-refractivity contribution in [2.75, 3.05) is 32.1 Å². The number of aromatic nitrogens is 2. The molecule has 0 aromatic carbocycles. The third-order valence-corrected chi connectivity index (χ3v) is 3.15. The number of ether oxygens (including phenoxy) is 1. The number of hydrogen-bond donors (Lipinski definition) is 2. The molecule has 0 aliphatic carbocycles. The minimum absolute atomic E-state index is 0.0704. The summed E-state index contributed by atoms with van der Waals surface area (Å²) < 4.78 is 5.27. The fourth-order valence-corrected chi connectivity index (χ4v) is 2.27. The van der Waals surface area contributed by atoms with E-state index < -0.39 is 0 Å². The summed E-state index contributed by atoms with van der Waals surface area (Å²) in [5, 5.41) is 15.6. The van der Waals surface area contributed by atoms with Gasteiger partial charge < -0.3 is 15.4 Å². The lowest BCUT2D eigenvalue weighted by atomic mass is 9.98. The summed E-state index contributed by atoms with van der Waals surface area (Å²) in [4.78, 5) is 8.11. The Morgan fingerprint density at radius 1 is 1.56 bits per heavy atom. The molecule has 18 heavy (non-hydrogen) atoms. The van der Waals surface area contributed by atoms with Crippen molar-refractivity contribution in [1.82, 2.24) is 15.3 Å². The van der Waals surface area contributed by atoms with E-state index in [0.29, 0.717) is 24.7 Å². The fourth-order valence-electron chi connectivity index (χ4n) is 2.27. The van der Waals surface area contributed by atoms with Gasteiger partial charge in [0.25, 0.3) is 0 Å². The Labute approximate surface area is 106 Å². The second-order valence-electron chi connectivity index (χ2n) is 4.46. The molecule has 1 saturated heterocycles. The molecule has 1 fully saturated rings. The van der Waals surface area contributed by atoms with Crippen molar-refractivity contribution in [1.29, 1.82) is 5.26 Å². The van der Waals surface area contributed by atoms with Gasteiger partial charge in [-0.05, 0) is 19.4 Å². The van der Waals surface area contributed by atoms with Crippen molar-refractivity contribution in [3.63, 3.8) is 0 Å². The normalized spacial score (nSPS) is 22.7. The van der Waals surface area contributed by atoms with Gasteiger partial charge in [-0.2, -0.15) is 5.26 Å². The lowest BCUT2D eigenvalue weighted by Crippen LogP contribution is -2.49. The van der Waals surface area contributed by atoms with Crippen LogP contribution in [-0.2, 0) is 4.74 Å². The Balaban J connectivity index is 2.03. The molecule has 1 unspecified atom stereocenters. The molecule has 0 radical (unpaired) electrons. The molecule has 1 aromatic heterocycles. The lowest BCUT2D eigenvalue weighted by molar-refractivity contribution is 0.127. The van der Waals surface area contributed by atoms with Gasteiger partial charge in [-0.3, -0.25) is 0 Å². The van der Waals surface area contributed by atoms with Gasteiger partial charge in [-0.1, -0.05) is 0 Å². The van der Waals surface area contributed by atoms with Crippen molar-refractivity contribution in [2.24, 2.45) is 0 Å². The first-order valence-corrected chi connectivity index (χ1v) is 5.99. The van der Waals surface area contributed by atoms with Crippen LogP contribution in [0.5, 0.6) is 0 Å². The molecular formula is C12H17N5O. The lowest BCUT2D eigenvalue weighted by Gasteiger charge is -2.29. The van der Waals surface area contributed by atoms with Crippen molar-refractivity contribution in [2.45, 2.75) is 18.4 Å². The van der Waals surface area contributed by atoms with Crippen LogP contribution >= 0.6 is 0 Å². The smallest absolute Gasteiger partial charge is 0.182 e. The zero-order valence-electron chi connectivity index (χ0n) is 10.4. The monoisotopic (exact) mass is 247 g/mol. The Morgan fingerprint density at radius 3 is 3.06 bits per heavy atom. The van der Waals surface area contributed by atoms with E-state index in [2.05, 4.69) is 20.6 Å². The number of rotatable bonds is 5. The number of nitriles is 1. The molecule has 1 atom stereocenters. The Hall–Kier alpha value is -1.71. The second kappa shape index (κ2) is 5.76. The third-order valence-electron chi connectivity index (χ3n) is 3.15. The zero-order chi connectivity index (χ0) is 12.8. The molecule has 1 aliphatic rings. The van der Waals surface area contributed by atoms with Gasteiger partial charge in [0.15, 0.2) is 11.5 Å². The first kappa shape index (κ1) is 12.7. The molecule has 6 nitrogen and oxygen atoms in total. The van der Waals surface area contributed by atoms with Crippen molar-refractivity contribution in [3.05, 3.63) is 18.1 Å². The van der Waals surface area contributed by atoms with Crippen molar-refractivity contribution < 1.29 is 4.74 Å². The summed E-state index contributed by atoms with van der Waals surface area (Å²) >= 11 is 0. The molecule has 96 valence electrons. The highest BCUT2D eigenvalue weighted by Crippen LogP contribution is 2.20. The Bertz CT molecular complexity index is 436. The molecule has 2 rings (SSSR count). The van der Waals surface area contributed by atoms with E-state index in [-0.39, 0.29) is 5.54 Å². The van der Waals surface area contributed by atoms with E-state index in [1.54, 1.807) is 13.3 Å². The highest BCUT2D eigenvalue weighted by molar-refractivity contribution is 5.47. The van der Waals surface area contributed by atoms with E-state index in [1.807, 2.05) is 6.07 Å². The molecule has 1 aromatic rings. The van der Waals surface area contributed by atoms with Gasteiger partial charge in [0.2, 0.25) is 0 Å². The van der Waals surface area contributed by atoms with E-state index in [0.717, 1.165) is 19.4 Å². The highest BCUT2D eigenvalue weighted by Gasteiger charge is 2.33. The first-order chi connectivity index (χ1) is 8.79. The van der Waals surface area contributed by atoms with E-state index >= 15 is 0 Å². The summed E-state index contributed by atoms with van der Waals surface area (Å²) in [7, 11) is 1.70. The molecule has 0 bridgehead atoms. The van der Waals surface area contributed by atoms with Crippen LogP contribution in [0.4, 0.5) is 5.82 Å². The first-order valence-electron chi connectivity index (χ1n) is 5.99. The van der Waals surface area contributed by atoms with Crippen LogP contribution in [0.1, 0.15) is 18.5 Å². The van der Waals surface area contributed by atoms with Gasteiger partial charge in [0.05, 0.1) is 12.1 Å². The zero-order valence-corrected chi connectivity index (χ0v) is 10.4. The van der Waals surface area contributed by atoms with Crippen LogP contribution in [0.2, 0.25) is 0 Å². The maximum atomic E-state index is 8.95. The number of nitrogens with zero attached hydrogens (tertiary/aromatic N) is 3. The van der Waals surface area contributed by atoms with E-state index in [9.17, 15) is 0 Å². The minimum atomic E-state index is -0.0704. The second-order valence-corrected chi connectivity index (χ2v) is 4.46. The van der Waals surface area contributed by atoms with Crippen LogP contribution in [0, 0.1) is 11.3 Å². The number of methoxy groups -OCH3 is 1. The van der Waals surface area contributed by atoms with E-state index in [4.69, 9.17) is 10.00 Å². The summed E-state index contributed by atoms with van der Waals surface area (Å²) in [5.41, 5.74) is 0.252. The number of anilines is 1. The standard InChI is InChI=1S/C12H17N5O/c1-18-9-12(3-2-4-17-12)8-16-11-10(7-13)14-5-6-15-11/h5-6,17H,2-4,8-9H2,1H3,(H,15,16). The molecule has 2 heterocycles. The maximum absolute atomic E-state index is 8.95. The molecule has 1 aliphatic heterocycles. The van der Waals surface area contributed by atoms with Crippen LogP contribution in [-0.4, -0.2) is 42.3 Å².